The van der Waals surface area contributed by atoms with Crippen LogP contribution in [-0.4, -0.2) is 36.7 Å². The molecule has 0 aromatic heterocycles. The molecule has 1 fully saturated rings. The largest absolute Gasteiger partial charge is 0.469 e. The number of methoxy groups -OCH3 is 1. The van der Waals surface area contributed by atoms with Crippen LogP contribution in [0.5, 0.6) is 0 Å². The molecule has 0 bridgehead atoms. The van der Waals surface area contributed by atoms with Crippen LogP contribution in [-0.2, 0) is 19.1 Å². The molecule has 0 N–H and O–H groups in total. The third-order valence-corrected chi connectivity index (χ3v) is 3.43. The molecule has 2 rings (SSSR count). The highest BCUT2D eigenvalue weighted by Crippen LogP contribution is 2.29. The Labute approximate surface area is 118 Å². The van der Waals surface area contributed by atoms with E-state index in [1.807, 2.05) is 37.3 Å². The minimum Gasteiger partial charge on any atom is -0.469 e. The lowest BCUT2D eigenvalue weighted by Gasteiger charge is -2.18. The molecule has 0 spiro atoms. The molecule has 1 aliphatic heterocycles. The topological polar surface area (TPSA) is 55.8 Å². The van der Waals surface area contributed by atoms with Gasteiger partial charge in [0.05, 0.1) is 20.1 Å². The SMILES string of the molecule is COC(=O)CCC(=O)N1CC(c2ccccc2)OC1C. The van der Waals surface area contributed by atoms with E-state index in [0.717, 1.165) is 5.56 Å². The van der Waals surface area contributed by atoms with Crippen LogP contribution in [0.1, 0.15) is 31.4 Å². The Morgan fingerprint density at radius 3 is 2.65 bits per heavy atom. The maximum atomic E-state index is 12.1. The van der Waals surface area contributed by atoms with Crippen molar-refractivity contribution < 1.29 is 19.1 Å². The van der Waals surface area contributed by atoms with Gasteiger partial charge in [-0.25, -0.2) is 0 Å². The molecular formula is C15H19NO4. The van der Waals surface area contributed by atoms with Crippen molar-refractivity contribution in [2.24, 2.45) is 0 Å². The van der Waals surface area contributed by atoms with Gasteiger partial charge >= 0.3 is 5.97 Å². The van der Waals surface area contributed by atoms with Crippen LogP contribution in [0.15, 0.2) is 30.3 Å². The molecule has 1 aromatic carbocycles. The van der Waals surface area contributed by atoms with E-state index >= 15 is 0 Å². The van der Waals surface area contributed by atoms with Crippen LogP contribution in [0, 0.1) is 0 Å². The molecule has 2 unspecified atom stereocenters. The number of esters is 1. The van der Waals surface area contributed by atoms with E-state index in [1.165, 1.54) is 7.11 Å². The van der Waals surface area contributed by atoms with E-state index in [9.17, 15) is 9.59 Å². The number of carbonyl (C=O) groups is 2. The zero-order valence-electron chi connectivity index (χ0n) is 11.7. The highest BCUT2D eigenvalue weighted by molar-refractivity contribution is 5.81. The van der Waals surface area contributed by atoms with E-state index in [2.05, 4.69) is 4.74 Å². The summed E-state index contributed by atoms with van der Waals surface area (Å²) in [5, 5.41) is 0. The monoisotopic (exact) mass is 277 g/mol. The number of hydrogen-bond donors (Lipinski definition) is 0. The third-order valence-electron chi connectivity index (χ3n) is 3.43. The second-order valence-corrected chi connectivity index (χ2v) is 4.76. The van der Waals surface area contributed by atoms with Gasteiger partial charge in [0.1, 0.15) is 12.3 Å². The van der Waals surface area contributed by atoms with Crippen LogP contribution in [0.25, 0.3) is 0 Å². The number of benzene rings is 1. The Morgan fingerprint density at radius 2 is 2.00 bits per heavy atom. The maximum absolute atomic E-state index is 12.1. The molecule has 1 amide bonds. The van der Waals surface area contributed by atoms with Gasteiger partial charge in [-0.3, -0.25) is 9.59 Å². The molecule has 20 heavy (non-hydrogen) atoms. The van der Waals surface area contributed by atoms with Crippen LogP contribution in [0.4, 0.5) is 0 Å². The highest BCUT2D eigenvalue weighted by Gasteiger charge is 2.33. The molecule has 2 atom stereocenters. The first-order valence-corrected chi connectivity index (χ1v) is 6.68. The number of amides is 1. The summed E-state index contributed by atoms with van der Waals surface area (Å²) in [6.45, 7) is 2.37. The van der Waals surface area contributed by atoms with Crippen LogP contribution < -0.4 is 0 Å². The molecule has 0 aliphatic carbocycles. The second-order valence-electron chi connectivity index (χ2n) is 4.76. The molecule has 1 heterocycles. The molecule has 0 radical (unpaired) electrons. The van der Waals surface area contributed by atoms with Crippen molar-refractivity contribution in [3.8, 4) is 0 Å². The van der Waals surface area contributed by atoms with E-state index < -0.39 is 0 Å². The number of rotatable bonds is 4. The number of nitrogens with zero attached hydrogens (tertiary/aromatic N) is 1. The zero-order valence-corrected chi connectivity index (χ0v) is 11.7. The molecule has 1 saturated heterocycles. The summed E-state index contributed by atoms with van der Waals surface area (Å²) in [7, 11) is 1.32. The number of carbonyl (C=O) groups excluding carboxylic acids is 2. The highest BCUT2D eigenvalue weighted by atomic mass is 16.5. The second kappa shape index (κ2) is 6.52. The molecule has 5 heteroatoms. The van der Waals surface area contributed by atoms with Gasteiger partial charge in [-0.1, -0.05) is 30.3 Å². The van der Waals surface area contributed by atoms with Gasteiger partial charge in [0.15, 0.2) is 0 Å². The molecule has 1 aliphatic rings. The zero-order chi connectivity index (χ0) is 14.5. The molecule has 108 valence electrons. The minimum absolute atomic E-state index is 0.0821. The Hall–Kier alpha value is -1.88. The lowest BCUT2D eigenvalue weighted by molar-refractivity contribution is -0.144. The summed E-state index contributed by atoms with van der Waals surface area (Å²) in [5.41, 5.74) is 1.06. The van der Waals surface area contributed by atoms with Crippen LogP contribution in [0.2, 0.25) is 0 Å². The number of ether oxygens (including phenoxy) is 2. The van der Waals surface area contributed by atoms with E-state index in [0.29, 0.717) is 6.54 Å². The smallest absolute Gasteiger partial charge is 0.306 e. The minimum atomic E-state index is -0.370. The predicted molar refractivity (Wildman–Crippen MR) is 72.7 cm³/mol. The van der Waals surface area contributed by atoms with Gasteiger partial charge in [0.2, 0.25) is 5.91 Å². The standard InChI is InChI=1S/C15H19NO4/c1-11-16(14(17)8-9-15(18)19-2)10-13(20-11)12-6-4-3-5-7-12/h3-7,11,13H,8-10H2,1-2H3. The fourth-order valence-electron chi connectivity index (χ4n) is 2.29. The Bertz CT molecular complexity index is 474. The van der Waals surface area contributed by atoms with Crippen LogP contribution in [0.3, 0.4) is 0 Å². The van der Waals surface area contributed by atoms with Crippen molar-refractivity contribution in [3.63, 3.8) is 0 Å². The van der Waals surface area contributed by atoms with Crippen molar-refractivity contribution in [1.29, 1.82) is 0 Å². The predicted octanol–water partition coefficient (Wildman–Crippen LogP) is 1.89. The summed E-state index contributed by atoms with van der Waals surface area (Å²) in [4.78, 5) is 24.8. The molecular weight excluding hydrogens is 258 g/mol. The summed E-state index contributed by atoms with van der Waals surface area (Å²) in [6, 6.07) is 9.82. The van der Waals surface area contributed by atoms with E-state index in [4.69, 9.17) is 4.74 Å². The van der Waals surface area contributed by atoms with Crippen molar-refractivity contribution in [2.75, 3.05) is 13.7 Å². The first kappa shape index (κ1) is 14.5. The Kier molecular flexibility index (Phi) is 4.74. The number of hydrogen-bond acceptors (Lipinski definition) is 4. The first-order valence-electron chi connectivity index (χ1n) is 6.68. The van der Waals surface area contributed by atoms with Gasteiger partial charge < -0.3 is 14.4 Å². The van der Waals surface area contributed by atoms with Gasteiger partial charge in [-0.05, 0) is 12.5 Å². The fourth-order valence-corrected chi connectivity index (χ4v) is 2.29. The molecule has 0 saturated carbocycles. The quantitative estimate of drug-likeness (QED) is 0.789. The van der Waals surface area contributed by atoms with Crippen molar-refractivity contribution in [1.82, 2.24) is 4.90 Å². The van der Waals surface area contributed by atoms with Gasteiger partial charge in [-0.15, -0.1) is 0 Å². The maximum Gasteiger partial charge on any atom is 0.306 e. The van der Waals surface area contributed by atoms with Crippen molar-refractivity contribution >= 4 is 11.9 Å². The summed E-state index contributed by atoms with van der Waals surface area (Å²) < 4.78 is 10.3. The lowest BCUT2D eigenvalue weighted by Crippen LogP contribution is -2.34. The fraction of sp³-hybridized carbons (Fsp3) is 0.467. The van der Waals surface area contributed by atoms with E-state index in [1.54, 1.807) is 4.90 Å². The first-order chi connectivity index (χ1) is 9.61. The summed E-state index contributed by atoms with van der Waals surface area (Å²) >= 11 is 0. The van der Waals surface area contributed by atoms with Gasteiger partial charge in [-0.2, -0.15) is 0 Å². The summed E-state index contributed by atoms with van der Waals surface area (Å²) in [6.07, 6.45) is -0.116. The lowest BCUT2D eigenvalue weighted by atomic mass is 10.1. The van der Waals surface area contributed by atoms with Crippen molar-refractivity contribution in [2.45, 2.75) is 32.1 Å². The Morgan fingerprint density at radius 1 is 1.30 bits per heavy atom. The normalized spacial score (nSPS) is 21.8. The van der Waals surface area contributed by atoms with Crippen molar-refractivity contribution in [3.05, 3.63) is 35.9 Å². The Balaban J connectivity index is 1.94. The van der Waals surface area contributed by atoms with Gasteiger partial charge in [0.25, 0.3) is 0 Å². The van der Waals surface area contributed by atoms with E-state index in [-0.39, 0.29) is 37.0 Å². The average molecular weight is 277 g/mol. The molecule has 5 nitrogen and oxygen atoms in total. The average Bonchev–Trinajstić information content (AvgIpc) is 2.87. The summed E-state index contributed by atoms with van der Waals surface area (Å²) in [5.74, 6) is -0.452. The third kappa shape index (κ3) is 3.36. The van der Waals surface area contributed by atoms with Gasteiger partial charge in [0, 0.05) is 6.42 Å². The van der Waals surface area contributed by atoms with Crippen LogP contribution >= 0.6 is 0 Å². The molecule has 1 aromatic rings.